The van der Waals surface area contributed by atoms with Gasteiger partial charge in [0, 0.05) is 18.2 Å². The average Bonchev–Trinajstić information content (AvgIpc) is 2.65. The van der Waals surface area contributed by atoms with Crippen LogP contribution in [0, 0.1) is 38.5 Å². The van der Waals surface area contributed by atoms with Crippen molar-refractivity contribution < 1.29 is 15.0 Å². The van der Waals surface area contributed by atoms with Gasteiger partial charge in [0.15, 0.2) is 11.4 Å². The van der Waals surface area contributed by atoms with Crippen LogP contribution in [-0.2, 0) is 6.54 Å². The number of aromatic hydroxyl groups is 1. The maximum atomic E-state index is 12.6. The van der Waals surface area contributed by atoms with Crippen molar-refractivity contribution in [1.82, 2.24) is 4.57 Å². The summed E-state index contributed by atoms with van der Waals surface area (Å²) in [5.74, 6) is -0.493. The minimum Gasteiger partial charge on any atom is -0.493 e. The Morgan fingerprint density at radius 3 is 2.46 bits per heavy atom. The van der Waals surface area contributed by atoms with Crippen LogP contribution >= 0.6 is 0 Å². The Morgan fingerprint density at radius 2 is 1.93 bits per heavy atom. The molecule has 0 saturated heterocycles. The first kappa shape index (κ1) is 20.2. The van der Waals surface area contributed by atoms with E-state index in [1.165, 1.54) is 6.92 Å². The van der Waals surface area contributed by atoms with Gasteiger partial charge in [0.2, 0.25) is 5.88 Å². The van der Waals surface area contributed by atoms with E-state index in [2.05, 4.69) is 10.2 Å². The van der Waals surface area contributed by atoms with E-state index in [0.29, 0.717) is 6.42 Å². The SMILES string of the molecule is CCCn1c(O)c(C#N)c(C)c(N=Nc2ccc([N+](=O)[O-])cc2[N+](=O)[O-])c1=O. The first-order chi connectivity index (χ1) is 13.2. The van der Waals surface area contributed by atoms with Crippen molar-refractivity contribution in [2.24, 2.45) is 10.2 Å². The minimum atomic E-state index is -0.860. The molecule has 0 unspecified atom stereocenters. The number of nitro benzene ring substituents is 2. The van der Waals surface area contributed by atoms with Crippen molar-refractivity contribution in [3.8, 4) is 11.9 Å². The molecule has 0 spiro atoms. The smallest absolute Gasteiger partial charge is 0.303 e. The number of aromatic nitrogens is 1. The number of nitrogens with zero attached hydrogens (tertiary/aromatic N) is 6. The summed E-state index contributed by atoms with van der Waals surface area (Å²) < 4.78 is 0.962. The summed E-state index contributed by atoms with van der Waals surface area (Å²) in [6.45, 7) is 3.27. The van der Waals surface area contributed by atoms with Crippen LogP contribution in [0.5, 0.6) is 5.88 Å². The number of hydrogen-bond acceptors (Lipinski definition) is 9. The fourth-order valence-corrected chi connectivity index (χ4v) is 2.45. The molecular weight excluding hydrogens is 372 g/mol. The van der Waals surface area contributed by atoms with Crippen LogP contribution in [0.15, 0.2) is 33.2 Å². The summed E-state index contributed by atoms with van der Waals surface area (Å²) in [6, 6.07) is 4.56. The van der Waals surface area contributed by atoms with E-state index in [0.717, 1.165) is 22.8 Å². The Hall–Kier alpha value is -4.14. The third kappa shape index (κ3) is 3.68. The van der Waals surface area contributed by atoms with E-state index < -0.39 is 32.7 Å². The van der Waals surface area contributed by atoms with Gasteiger partial charge in [0.25, 0.3) is 11.2 Å². The van der Waals surface area contributed by atoms with Gasteiger partial charge < -0.3 is 5.11 Å². The van der Waals surface area contributed by atoms with E-state index in [1.54, 1.807) is 13.0 Å². The van der Waals surface area contributed by atoms with E-state index in [4.69, 9.17) is 0 Å². The van der Waals surface area contributed by atoms with Gasteiger partial charge in [-0.2, -0.15) is 5.26 Å². The lowest BCUT2D eigenvalue weighted by atomic mass is 10.1. The molecule has 0 bridgehead atoms. The molecule has 1 aromatic carbocycles. The van der Waals surface area contributed by atoms with Gasteiger partial charge in [-0.3, -0.25) is 29.6 Å². The molecule has 1 heterocycles. The molecule has 0 aliphatic heterocycles. The zero-order chi connectivity index (χ0) is 21.0. The lowest BCUT2D eigenvalue weighted by molar-refractivity contribution is -0.393. The molecule has 0 amide bonds. The van der Waals surface area contributed by atoms with Gasteiger partial charge in [-0.05, 0) is 19.4 Å². The van der Waals surface area contributed by atoms with Crippen molar-refractivity contribution in [1.29, 1.82) is 5.26 Å². The van der Waals surface area contributed by atoms with Gasteiger partial charge in [-0.25, -0.2) is 0 Å². The molecule has 1 aromatic heterocycles. The number of pyridine rings is 1. The van der Waals surface area contributed by atoms with E-state index in [-0.39, 0.29) is 29.0 Å². The maximum absolute atomic E-state index is 12.6. The number of hydrogen-bond donors (Lipinski definition) is 1. The molecule has 1 N–H and O–H groups in total. The Balaban J connectivity index is 2.66. The number of non-ortho nitro benzene ring substituents is 1. The molecule has 0 saturated carbocycles. The summed E-state index contributed by atoms with van der Waals surface area (Å²) in [5.41, 5.74) is -2.55. The lowest BCUT2D eigenvalue weighted by Crippen LogP contribution is -2.21. The molecular formula is C16H14N6O6. The van der Waals surface area contributed by atoms with Crippen LogP contribution in [0.2, 0.25) is 0 Å². The van der Waals surface area contributed by atoms with E-state index in [1.807, 2.05) is 0 Å². The third-order valence-corrected chi connectivity index (χ3v) is 3.84. The van der Waals surface area contributed by atoms with Crippen molar-refractivity contribution in [3.05, 3.63) is 59.9 Å². The first-order valence-electron chi connectivity index (χ1n) is 7.93. The zero-order valence-electron chi connectivity index (χ0n) is 14.8. The van der Waals surface area contributed by atoms with Crippen molar-refractivity contribution in [2.75, 3.05) is 0 Å². The van der Waals surface area contributed by atoms with Crippen LogP contribution in [0.25, 0.3) is 0 Å². The van der Waals surface area contributed by atoms with Gasteiger partial charge in [-0.15, -0.1) is 10.2 Å². The maximum Gasteiger partial charge on any atom is 0.303 e. The Bertz CT molecular complexity index is 1100. The van der Waals surface area contributed by atoms with E-state index in [9.17, 15) is 35.4 Å². The molecule has 28 heavy (non-hydrogen) atoms. The molecule has 0 fully saturated rings. The first-order valence-corrected chi connectivity index (χ1v) is 7.93. The van der Waals surface area contributed by atoms with Crippen LogP contribution in [-0.4, -0.2) is 19.5 Å². The number of benzene rings is 1. The van der Waals surface area contributed by atoms with Gasteiger partial charge in [0.1, 0.15) is 11.6 Å². The lowest BCUT2D eigenvalue weighted by Gasteiger charge is -2.11. The van der Waals surface area contributed by atoms with Crippen molar-refractivity contribution in [3.63, 3.8) is 0 Å². The Morgan fingerprint density at radius 1 is 1.25 bits per heavy atom. The van der Waals surface area contributed by atoms with Crippen LogP contribution in [0.4, 0.5) is 22.7 Å². The monoisotopic (exact) mass is 386 g/mol. The second-order valence-corrected chi connectivity index (χ2v) is 5.63. The van der Waals surface area contributed by atoms with E-state index >= 15 is 0 Å². The molecule has 0 atom stereocenters. The quantitative estimate of drug-likeness (QED) is 0.449. The molecule has 144 valence electrons. The highest BCUT2D eigenvalue weighted by atomic mass is 16.6. The highest BCUT2D eigenvalue weighted by Gasteiger charge is 2.21. The highest BCUT2D eigenvalue weighted by Crippen LogP contribution is 2.33. The average molecular weight is 386 g/mol. The highest BCUT2D eigenvalue weighted by molar-refractivity contribution is 5.62. The van der Waals surface area contributed by atoms with Crippen molar-refractivity contribution >= 4 is 22.7 Å². The molecule has 0 aliphatic carbocycles. The van der Waals surface area contributed by atoms with Gasteiger partial charge >= 0.3 is 5.69 Å². The molecule has 0 radical (unpaired) electrons. The third-order valence-electron chi connectivity index (χ3n) is 3.84. The number of azo groups is 1. The summed E-state index contributed by atoms with van der Waals surface area (Å²) in [7, 11) is 0. The Labute approximate surface area is 157 Å². The van der Waals surface area contributed by atoms with Crippen LogP contribution in [0.3, 0.4) is 0 Å². The predicted octanol–water partition coefficient (Wildman–Crippen LogP) is 3.38. The summed E-state index contributed by atoms with van der Waals surface area (Å²) >= 11 is 0. The fraction of sp³-hybridized carbons (Fsp3) is 0.250. The molecule has 12 nitrogen and oxygen atoms in total. The molecule has 2 rings (SSSR count). The summed E-state index contributed by atoms with van der Waals surface area (Å²) in [5, 5.41) is 48.7. The number of rotatable bonds is 6. The predicted molar refractivity (Wildman–Crippen MR) is 96.0 cm³/mol. The second-order valence-electron chi connectivity index (χ2n) is 5.63. The van der Waals surface area contributed by atoms with Gasteiger partial charge in [-0.1, -0.05) is 6.92 Å². The summed E-state index contributed by atoms with van der Waals surface area (Å²) in [4.78, 5) is 32.9. The van der Waals surface area contributed by atoms with Gasteiger partial charge in [0.05, 0.1) is 15.9 Å². The fourth-order valence-electron chi connectivity index (χ4n) is 2.45. The summed E-state index contributed by atoms with van der Waals surface area (Å²) in [6.07, 6.45) is 0.492. The topological polar surface area (TPSA) is 177 Å². The largest absolute Gasteiger partial charge is 0.493 e. The standard InChI is InChI=1S/C16H14N6O6/c1-3-6-20-15(23)11(8-17)9(2)14(16(20)24)19-18-12-5-4-10(21(25)26)7-13(12)22(27)28/h4-5,7,23H,3,6H2,1-2H3. The zero-order valence-corrected chi connectivity index (χ0v) is 14.8. The molecule has 0 aliphatic rings. The molecule has 2 aromatic rings. The van der Waals surface area contributed by atoms with Crippen LogP contribution in [0.1, 0.15) is 24.5 Å². The normalized spacial score (nSPS) is 10.8. The Kier molecular flexibility index (Phi) is 5.79. The molecule has 12 heteroatoms. The number of nitro groups is 2. The number of nitriles is 1. The van der Waals surface area contributed by atoms with Crippen LogP contribution < -0.4 is 5.56 Å². The second kappa shape index (κ2) is 8.04. The minimum absolute atomic E-state index is 0.0608. The van der Waals surface area contributed by atoms with Crippen molar-refractivity contribution in [2.45, 2.75) is 26.8 Å².